The Hall–Kier alpha value is -2.05. The van der Waals surface area contributed by atoms with E-state index in [0.29, 0.717) is 5.66 Å². The molecule has 3 unspecified atom stereocenters. The topological polar surface area (TPSA) is 9.86 Å². The SMILES string of the molecule is CC1CCC(C(C)C)C(P(n2ccc3ccccc32)n2ccc3ccccc32)C1. The molecule has 1 fully saturated rings. The van der Waals surface area contributed by atoms with Gasteiger partial charge >= 0.3 is 0 Å². The third-order valence-electron chi connectivity index (χ3n) is 6.88. The molecular formula is C26H31N2P. The van der Waals surface area contributed by atoms with Gasteiger partial charge < -0.3 is 8.68 Å². The molecule has 1 saturated carbocycles. The van der Waals surface area contributed by atoms with Crippen molar-refractivity contribution < 1.29 is 0 Å². The van der Waals surface area contributed by atoms with Gasteiger partial charge in [0.25, 0.3) is 0 Å². The molecule has 0 N–H and O–H groups in total. The van der Waals surface area contributed by atoms with E-state index in [1.165, 1.54) is 41.1 Å². The van der Waals surface area contributed by atoms with Gasteiger partial charge in [-0.3, -0.25) is 0 Å². The quantitative estimate of drug-likeness (QED) is 0.309. The summed E-state index contributed by atoms with van der Waals surface area (Å²) >= 11 is 0. The normalized spacial score (nSPS) is 22.9. The Morgan fingerprint density at radius 1 is 0.793 bits per heavy atom. The van der Waals surface area contributed by atoms with E-state index in [4.69, 9.17) is 0 Å². The summed E-state index contributed by atoms with van der Waals surface area (Å²) in [6.45, 7) is 7.32. The van der Waals surface area contributed by atoms with Crippen LogP contribution in [0.1, 0.15) is 40.0 Å². The zero-order chi connectivity index (χ0) is 20.0. The van der Waals surface area contributed by atoms with Gasteiger partial charge in [0.2, 0.25) is 0 Å². The number of fused-ring (bicyclic) bond motifs is 2. The molecule has 3 atom stereocenters. The Morgan fingerprint density at radius 3 is 1.90 bits per heavy atom. The minimum atomic E-state index is -0.560. The molecule has 1 aliphatic rings. The second-order valence-electron chi connectivity index (χ2n) is 9.15. The molecule has 2 nitrogen and oxygen atoms in total. The first kappa shape index (κ1) is 18.9. The van der Waals surface area contributed by atoms with E-state index in [2.05, 4.69) is 103 Å². The van der Waals surface area contributed by atoms with Crippen LogP contribution in [-0.2, 0) is 0 Å². The van der Waals surface area contributed by atoms with Crippen LogP contribution in [-0.4, -0.2) is 14.3 Å². The Labute approximate surface area is 175 Å². The predicted molar refractivity (Wildman–Crippen MR) is 127 cm³/mol. The molecule has 150 valence electrons. The maximum Gasteiger partial charge on any atom is 0.107 e. The molecule has 2 heterocycles. The highest BCUT2D eigenvalue weighted by Gasteiger charge is 2.38. The van der Waals surface area contributed by atoms with Gasteiger partial charge in [0.1, 0.15) is 8.22 Å². The van der Waals surface area contributed by atoms with Crippen molar-refractivity contribution in [3.63, 3.8) is 0 Å². The van der Waals surface area contributed by atoms with E-state index in [1.54, 1.807) is 0 Å². The van der Waals surface area contributed by atoms with Crippen molar-refractivity contribution in [1.29, 1.82) is 0 Å². The third kappa shape index (κ3) is 3.32. The molecule has 5 rings (SSSR count). The molecule has 0 spiro atoms. The summed E-state index contributed by atoms with van der Waals surface area (Å²) in [7, 11) is -0.560. The average molecular weight is 403 g/mol. The Bertz CT molecular complexity index is 1050. The lowest BCUT2D eigenvalue weighted by atomic mass is 9.77. The van der Waals surface area contributed by atoms with Crippen molar-refractivity contribution >= 4 is 30.0 Å². The van der Waals surface area contributed by atoms with Gasteiger partial charge in [-0.2, -0.15) is 0 Å². The number of hydrogen-bond donors (Lipinski definition) is 0. The highest BCUT2D eigenvalue weighted by Crippen LogP contribution is 2.57. The van der Waals surface area contributed by atoms with Crippen LogP contribution in [0.5, 0.6) is 0 Å². The lowest BCUT2D eigenvalue weighted by Crippen LogP contribution is -2.33. The first-order valence-electron chi connectivity index (χ1n) is 11.1. The molecule has 2 aromatic carbocycles. The molecule has 3 heteroatoms. The van der Waals surface area contributed by atoms with Gasteiger partial charge in [-0.1, -0.05) is 63.6 Å². The number of hydrogen-bond acceptors (Lipinski definition) is 0. The summed E-state index contributed by atoms with van der Waals surface area (Å²) in [5.74, 6) is 2.31. The van der Waals surface area contributed by atoms with Crippen LogP contribution >= 0.6 is 8.22 Å². The highest BCUT2D eigenvalue weighted by atomic mass is 31.1. The smallest absolute Gasteiger partial charge is 0.107 e. The molecule has 0 saturated heterocycles. The predicted octanol–water partition coefficient (Wildman–Crippen LogP) is 7.77. The summed E-state index contributed by atoms with van der Waals surface area (Å²) in [5, 5.41) is 2.70. The minimum Gasteiger partial charge on any atom is -0.308 e. The van der Waals surface area contributed by atoms with Crippen molar-refractivity contribution in [2.75, 3.05) is 0 Å². The van der Waals surface area contributed by atoms with Gasteiger partial charge in [-0.15, -0.1) is 0 Å². The summed E-state index contributed by atoms with van der Waals surface area (Å²) in [5.41, 5.74) is 3.44. The summed E-state index contributed by atoms with van der Waals surface area (Å²) in [4.78, 5) is 0. The van der Waals surface area contributed by atoms with E-state index >= 15 is 0 Å². The summed E-state index contributed by atoms with van der Waals surface area (Å²) in [6.07, 6.45) is 8.76. The van der Waals surface area contributed by atoms with Gasteiger partial charge in [0.15, 0.2) is 0 Å². The second kappa shape index (κ2) is 7.65. The average Bonchev–Trinajstić information content (AvgIpc) is 3.34. The van der Waals surface area contributed by atoms with Crippen LogP contribution in [0.4, 0.5) is 0 Å². The monoisotopic (exact) mass is 402 g/mol. The van der Waals surface area contributed by atoms with E-state index in [-0.39, 0.29) is 0 Å². The van der Waals surface area contributed by atoms with Crippen molar-refractivity contribution in [1.82, 2.24) is 8.68 Å². The maximum absolute atomic E-state index is 2.62. The third-order valence-corrected chi connectivity index (χ3v) is 9.65. The molecule has 0 amide bonds. The van der Waals surface area contributed by atoms with Crippen LogP contribution in [0.3, 0.4) is 0 Å². The van der Waals surface area contributed by atoms with Crippen molar-refractivity contribution in [2.45, 2.75) is 45.7 Å². The summed E-state index contributed by atoms with van der Waals surface area (Å²) in [6, 6.07) is 22.4. The van der Waals surface area contributed by atoms with Crippen molar-refractivity contribution in [3.05, 3.63) is 73.1 Å². The molecule has 0 aliphatic heterocycles. The number of para-hydroxylation sites is 2. The van der Waals surface area contributed by atoms with Gasteiger partial charge in [-0.25, -0.2) is 0 Å². The Balaban J connectivity index is 1.73. The van der Waals surface area contributed by atoms with Crippen LogP contribution < -0.4 is 0 Å². The minimum absolute atomic E-state index is 0.560. The van der Waals surface area contributed by atoms with Crippen LogP contribution in [0.25, 0.3) is 21.8 Å². The zero-order valence-corrected chi connectivity index (χ0v) is 18.6. The first-order valence-corrected chi connectivity index (χ1v) is 12.4. The van der Waals surface area contributed by atoms with E-state index in [9.17, 15) is 0 Å². The van der Waals surface area contributed by atoms with Gasteiger partial charge in [0.05, 0.1) is 11.0 Å². The van der Waals surface area contributed by atoms with Crippen molar-refractivity contribution in [3.8, 4) is 0 Å². The van der Waals surface area contributed by atoms with E-state index < -0.39 is 8.22 Å². The van der Waals surface area contributed by atoms with Crippen LogP contribution in [0, 0.1) is 17.8 Å². The number of rotatable bonds is 4. The van der Waals surface area contributed by atoms with E-state index in [0.717, 1.165) is 17.8 Å². The number of benzene rings is 2. The van der Waals surface area contributed by atoms with Crippen LogP contribution in [0.2, 0.25) is 0 Å². The van der Waals surface area contributed by atoms with Gasteiger partial charge in [0, 0.05) is 18.1 Å². The van der Waals surface area contributed by atoms with E-state index in [1.807, 2.05) is 0 Å². The Kier molecular flexibility index (Phi) is 5.00. The second-order valence-corrected chi connectivity index (χ2v) is 11.3. The van der Waals surface area contributed by atoms with Gasteiger partial charge in [-0.05, 0) is 65.6 Å². The highest BCUT2D eigenvalue weighted by molar-refractivity contribution is 7.55. The van der Waals surface area contributed by atoms with Crippen LogP contribution in [0.15, 0.2) is 73.1 Å². The standard InChI is InChI=1S/C26H31N2P/c1-19(2)23-13-12-20(3)18-26(23)29(27-16-14-21-8-4-6-10-24(21)27)28-17-15-22-9-5-7-11-25(22)28/h4-11,14-17,19-20,23,26H,12-13,18H2,1-3H3. The number of nitrogens with zero attached hydrogens (tertiary/aromatic N) is 2. The molecule has 2 aromatic heterocycles. The molecule has 1 aliphatic carbocycles. The fraction of sp³-hybridized carbons (Fsp3) is 0.385. The Morgan fingerprint density at radius 2 is 1.34 bits per heavy atom. The fourth-order valence-corrected chi connectivity index (χ4v) is 8.78. The molecule has 0 bridgehead atoms. The number of aromatic nitrogens is 2. The molecule has 0 radical (unpaired) electrons. The molecule has 29 heavy (non-hydrogen) atoms. The molecule has 4 aromatic rings. The zero-order valence-electron chi connectivity index (χ0n) is 17.7. The fourth-order valence-electron chi connectivity index (χ4n) is 5.33. The summed E-state index contributed by atoms with van der Waals surface area (Å²) < 4.78 is 5.24. The van der Waals surface area contributed by atoms with Crippen molar-refractivity contribution in [2.24, 2.45) is 17.8 Å². The lowest BCUT2D eigenvalue weighted by molar-refractivity contribution is 0.240. The largest absolute Gasteiger partial charge is 0.308 e. The first-order chi connectivity index (χ1) is 14.1. The lowest BCUT2D eigenvalue weighted by Gasteiger charge is -2.42. The molecular weight excluding hydrogens is 371 g/mol. The maximum atomic E-state index is 2.62.